The van der Waals surface area contributed by atoms with Gasteiger partial charge < -0.3 is 13.9 Å². The zero-order chi connectivity index (χ0) is 20.2. The monoisotopic (exact) mass is 412 g/mol. The quantitative estimate of drug-likeness (QED) is 0.333. The van der Waals surface area contributed by atoms with E-state index in [1.54, 1.807) is 12.4 Å². The van der Waals surface area contributed by atoms with Crippen LogP contribution in [0.5, 0.6) is 11.5 Å². The summed E-state index contributed by atoms with van der Waals surface area (Å²) < 4.78 is 14.9. The number of ether oxygens (including phenoxy) is 1. The first-order chi connectivity index (χ1) is 14.8. The Morgan fingerprint density at radius 1 is 0.800 bits per heavy atom. The van der Waals surface area contributed by atoms with E-state index in [1.807, 2.05) is 78.9 Å². The van der Waals surface area contributed by atoms with Crippen molar-refractivity contribution in [1.29, 1.82) is 0 Å². The fourth-order valence-electron chi connectivity index (χ4n) is 2.82. The molecule has 6 nitrogen and oxygen atoms in total. The maximum atomic E-state index is 5.82. The minimum Gasteiger partial charge on any atom is -0.457 e. The van der Waals surface area contributed by atoms with E-state index in [1.165, 1.54) is 11.9 Å². The van der Waals surface area contributed by atoms with Crippen LogP contribution in [0.1, 0.15) is 0 Å². The molecule has 5 aromatic rings. The van der Waals surface area contributed by atoms with Crippen LogP contribution < -0.4 is 9.46 Å². The molecule has 0 saturated heterocycles. The first-order valence-electron chi connectivity index (χ1n) is 9.27. The second-order valence-electron chi connectivity index (χ2n) is 6.36. The van der Waals surface area contributed by atoms with Crippen molar-refractivity contribution in [3.05, 3.63) is 91.3 Å². The highest BCUT2D eigenvalue weighted by Gasteiger charge is 2.10. The van der Waals surface area contributed by atoms with Crippen molar-refractivity contribution in [3.8, 4) is 23.0 Å². The van der Waals surface area contributed by atoms with Gasteiger partial charge in [0.15, 0.2) is 11.2 Å². The van der Waals surface area contributed by atoms with Gasteiger partial charge in [0.1, 0.15) is 17.3 Å². The number of pyridine rings is 2. The van der Waals surface area contributed by atoms with Crippen LogP contribution in [0, 0.1) is 0 Å². The zero-order valence-electron chi connectivity index (χ0n) is 15.7. The molecule has 7 heteroatoms. The lowest BCUT2D eigenvalue weighted by Gasteiger charge is -2.08. The zero-order valence-corrected chi connectivity index (χ0v) is 16.5. The Balaban J connectivity index is 1.26. The average molecular weight is 412 g/mol. The van der Waals surface area contributed by atoms with Gasteiger partial charge in [-0.1, -0.05) is 18.2 Å². The van der Waals surface area contributed by atoms with Crippen molar-refractivity contribution in [3.63, 3.8) is 0 Å². The van der Waals surface area contributed by atoms with E-state index in [2.05, 4.69) is 19.7 Å². The Kier molecular flexibility index (Phi) is 5.01. The van der Waals surface area contributed by atoms with E-state index >= 15 is 0 Å². The molecule has 0 spiro atoms. The van der Waals surface area contributed by atoms with Crippen molar-refractivity contribution in [1.82, 2.24) is 15.0 Å². The molecule has 0 aliphatic heterocycles. The summed E-state index contributed by atoms with van der Waals surface area (Å²) in [7, 11) is 0. The normalized spacial score (nSPS) is 10.8. The summed E-state index contributed by atoms with van der Waals surface area (Å²) >= 11 is 1.47. The maximum absolute atomic E-state index is 5.82. The standard InChI is InChI=1S/C23H16N4O2S/c1-2-5-17(6-3-1)28-18-8-10-19(11-9-18)30-27-21-15-16(12-14-24-21)23-26-22-20(29-23)7-4-13-25-22/h1-15H,(H,24,27). The fourth-order valence-corrected chi connectivity index (χ4v) is 3.43. The Labute approximate surface area is 177 Å². The molecule has 0 fully saturated rings. The summed E-state index contributed by atoms with van der Waals surface area (Å²) in [5.41, 5.74) is 2.08. The third-order valence-electron chi connectivity index (χ3n) is 4.25. The second-order valence-corrected chi connectivity index (χ2v) is 7.24. The van der Waals surface area contributed by atoms with Crippen LogP contribution in [0.3, 0.4) is 0 Å². The number of para-hydroxylation sites is 1. The summed E-state index contributed by atoms with van der Waals surface area (Å²) in [6.45, 7) is 0. The first kappa shape index (κ1) is 18.2. The number of anilines is 1. The van der Waals surface area contributed by atoms with Gasteiger partial charge in [-0.25, -0.2) is 9.97 Å². The molecule has 3 heterocycles. The predicted molar refractivity (Wildman–Crippen MR) is 117 cm³/mol. The molecule has 146 valence electrons. The molecule has 2 aromatic carbocycles. The van der Waals surface area contributed by atoms with Crippen LogP contribution in [0.2, 0.25) is 0 Å². The van der Waals surface area contributed by atoms with Gasteiger partial charge in [0, 0.05) is 22.9 Å². The van der Waals surface area contributed by atoms with Crippen molar-refractivity contribution in [2.45, 2.75) is 4.90 Å². The molecule has 0 aliphatic carbocycles. The van der Waals surface area contributed by atoms with Gasteiger partial charge >= 0.3 is 0 Å². The van der Waals surface area contributed by atoms with Crippen molar-refractivity contribution in [2.75, 3.05) is 4.72 Å². The number of nitrogens with one attached hydrogen (secondary N) is 1. The third-order valence-corrected chi connectivity index (χ3v) is 5.07. The molecular weight excluding hydrogens is 396 g/mol. The fraction of sp³-hybridized carbons (Fsp3) is 0. The van der Waals surface area contributed by atoms with Crippen LogP contribution in [0.25, 0.3) is 22.7 Å². The summed E-state index contributed by atoms with van der Waals surface area (Å²) in [4.78, 5) is 14.0. The molecule has 0 radical (unpaired) electrons. The Morgan fingerprint density at radius 2 is 1.63 bits per heavy atom. The maximum Gasteiger partial charge on any atom is 0.229 e. The predicted octanol–water partition coefficient (Wildman–Crippen LogP) is 6.20. The largest absolute Gasteiger partial charge is 0.457 e. The summed E-state index contributed by atoms with van der Waals surface area (Å²) in [6.07, 6.45) is 3.41. The smallest absolute Gasteiger partial charge is 0.229 e. The van der Waals surface area contributed by atoms with E-state index in [4.69, 9.17) is 9.15 Å². The molecule has 30 heavy (non-hydrogen) atoms. The van der Waals surface area contributed by atoms with Crippen LogP contribution >= 0.6 is 11.9 Å². The SMILES string of the molecule is c1ccc(Oc2ccc(SNc3cc(-c4nc5ncccc5o4)ccn3)cc2)cc1. The van der Waals surface area contributed by atoms with Crippen LogP contribution in [-0.4, -0.2) is 15.0 Å². The van der Waals surface area contributed by atoms with E-state index in [9.17, 15) is 0 Å². The number of rotatable bonds is 6. The van der Waals surface area contributed by atoms with Crippen LogP contribution in [0.4, 0.5) is 5.82 Å². The summed E-state index contributed by atoms with van der Waals surface area (Å²) in [6, 6.07) is 25.0. The Hall–Kier alpha value is -3.84. The lowest BCUT2D eigenvalue weighted by atomic mass is 10.2. The van der Waals surface area contributed by atoms with Gasteiger partial charge in [0.05, 0.1) is 0 Å². The third kappa shape index (κ3) is 4.11. The highest BCUT2D eigenvalue weighted by molar-refractivity contribution is 8.00. The molecule has 5 rings (SSSR count). The lowest BCUT2D eigenvalue weighted by Crippen LogP contribution is -1.91. The minimum absolute atomic E-state index is 0.515. The van der Waals surface area contributed by atoms with Gasteiger partial charge in [0.2, 0.25) is 5.89 Å². The number of hydrogen-bond donors (Lipinski definition) is 1. The number of benzene rings is 2. The van der Waals surface area contributed by atoms with Gasteiger partial charge in [0.25, 0.3) is 0 Å². The van der Waals surface area contributed by atoms with Gasteiger partial charge in [-0.3, -0.25) is 0 Å². The van der Waals surface area contributed by atoms with Crippen LogP contribution in [-0.2, 0) is 0 Å². The topological polar surface area (TPSA) is 73.1 Å². The number of hydrogen-bond acceptors (Lipinski definition) is 7. The number of fused-ring (bicyclic) bond motifs is 1. The van der Waals surface area contributed by atoms with Crippen LogP contribution in [0.15, 0.2) is 101 Å². The molecule has 0 unspecified atom stereocenters. The number of oxazole rings is 1. The minimum atomic E-state index is 0.515. The molecule has 0 aliphatic rings. The van der Waals surface area contributed by atoms with E-state index in [0.717, 1.165) is 22.0 Å². The molecule has 0 saturated carbocycles. The van der Waals surface area contributed by atoms with Gasteiger partial charge in [-0.05, 0) is 72.6 Å². The second kappa shape index (κ2) is 8.26. The molecule has 0 bridgehead atoms. The van der Waals surface area contributed by atoms with E-state index < -0.39 is 0 Å². The molecule has 0 amide bonds. The van der Waals surface area contributed by atoms with E-state index in [-0.39, 0.29) is 0 Å². The Morgan fingerprint density at radius 3 is 2.47 bits per heavy atom. The van der Waals surface area contributed by atoms with Gasteiger partial charge in [-0.15, -0.1) is 0 Å². The molecule has 1 N–H and O–H groups in total. The van der Waals surface area contributed by atoms with E-state index in [0.29, 0.717) is 22.9 Å². The average Bonchev–Trinajstić information content (AvgIpc) is 3.24. The molecule has 3 aromatic heterocycles. The summed E-state index contributed by atoms with van der Waals surface area (Å²) in [5, 5.41) is 0. The highest BCUT2D eigenvalue weighted by atomic mass is 32.2. The molecule has 0 atom stereocenters. The number of aromatic nitrogens is 3. The van der Waals surface area contributed by atoms with Gasteiger partial charge in [-0.2, -0.15) is 4.98 Å². The highest BCUT2D eigenvalue weighted by Crippen LogP contribution is 2.28. The summed E-state index contributed by atoms with van der Waals surface area (Å²) in [5.74, 6) is 2.82. The number of nitrogens with zero attached hydrogens (tertiary/aromatic N) is 3. The van der Waals surface area contributed by atoms with Crippen molar-refractivity contribution in [2.24, 2.45) is 0 Å². The Bertz CT molecular complexity index is 1240. The molecular formula is C23H16N4O2S. The van der Waals surface area contributed by atoms with Crippen molar-refractivity contribution >= 4 is 29.0 Å². The lowest BCUT2D eigenvalue weighted by molar-refractivity contribution is 0.482. The first-order valence-corrected chi connectivity index (χ1v) is 10.1. The van der Waals surface area contributed by atoms with Crippen molar-refractivity contribution < 1.29 is 9.15 Å².